The summed E-state index contributed by atoms with van der Waals surface area (Å²) in [6, 6.07) is 2.07. The van der Waals surface area contributed by atoms with E-state index in [9.17, 15) is 26.4 Å². The molecule has 27 heavy (non-hydrogen) atoms. The van der Waals surface area contributed by atoms with Crippen molar-refractivity contribution in [1.82, 2.24) is 5.32 Å². The molecule has 2 heterocycles. The first-order chi connectivity index (χ1) is 12.6. The normalized spacial score (nSPS) is 24.2. The lowest BCUT2D eigenvalue weighted by molar-refractivity contribution is -0.140. The number of carboxylic acid groups (broad SMARTS) is 1. The van der Waals surface area contributed by atoms with Crippen molar-refractivity contribution in [2.45, 2.75) is 28.8 Å². The molecule has 1 aromatic carbocycles. The Morgan fingerprint density at radius 3 is 2.48 bits per heavy atom. The second kappa shape index (κ2) is 7.28. The van der Waals surface area contributed by atoms with Crippen LogP contribution < -0.4 is 10.2 Å². The van der Waals surface area contributed by atoms with Crippen molar-refractivity contribution in [2.24, 2.45) is 0 Å². The SMILES string of the molecule is O=C(O)[C@@H]1C[C@@H](S(=O)(=O)c2ccc(N3CCOCC3)cc2C(F)(F)F)CN1. The first-order valence-corrected chi connectivity index (χ1v) is 9.89. The number of halogens is 3. The molecule has 7 nitrogen and oxygen atoms in total. The van der Waals surface area contributed by atoms with Gasteiger partial charge in [0.15, 0.2) is 9.84 Å². The number of carbonyl (C=O) groups is 1. The molecule has 150 valence electrons. The molecule has 0 unspecified atom stereocenters. The first-order valence-electron chi connectivity index (χ1n) is 8.34. The van der Waals surface area contributed by atoms with Crippen molar-refractivity contribution in [2.75, 3.05) is 37.7 Å². The predicted molar refractivity (Wildman–Crippen MR) is 89.5 cm³/mol. The number of sulfone groups is 1. The van der Waals surface area contributed by atoms with Crippen molar-refractivity contribution < 1.29 is 36.2 Å². The minimum atomic E-state index is -4.86. The third-order valence-electron chi connectivity index (χ3n) is 4.78. The zero-order chi connectivity index (χ0) is 19.8. The summed E-state index contributed by atoms with van der Waals surface area (Å²) in [6.07, 6.45) is -5.14. The molecule has 2 aliphatic rings. The fourth-order valence-electron chi connectivity index (χ4n) is 3.31. The van der Waals surface area contributed by atoms with Gasteiger partial charge >= 0.3 is 12.1 Å². The predicted octanol–water partition coefficient (Wildman–Crippen LogP) is 1.13. The summed E-state index contributed by atoms with van der Waals surface area (Å²) in [5, 5.41) is 10.3. The zero-order valence-electron chi connectivity index (χ0n) is 14.2. The summed E-state index contributed by atoms with van der Waals surface area (Å²) in [4.78, 5) is 11.9. The Morgan fingerprint density at radius 1 is 1.26 bits per heavy atom. The van der Waals surface area contributed by atoms with Crippen LogP contribution in [0.25, 0.3) is 0 Å². The Bertz CT molecular complexity index is 822. The summed E-state index contributed by atoms with van der Waals surface area (Å²) < 4.78 is 71.6. The van der Waals surface area contributed by atoms with Crippen LogP contribution in [0.4, 0.5) is 18.9 Å². The molecule has 0 spiro atoms. The van der Waals surface area contributed by atoms with Gasteiger partial charge in [-0.1, -0.05) is 0 Å². The molecular formula is C16H19F3N2O5S. The van der Waals surface area contributed by atoms with Crippen LogP contribution in [0.5, 0.6) is 0 Å². The van der Waals surface area contributed by atoms with E-state index in [-0.39, 0.29) is 18.7 Å². The maximum atomic E-state index is 13.6. The average Bonchev–Trinajstić information content (AvgIpc) is 3.12. The van der Waals surface area contributed by atoms with Crippen LogP contribution in [-0.4, -0.2) is 63.6 Å². The minimum Gasteiger partial charge on any atom is -0.480 e. The third-order valence-corrected chi connectivity index (χ3v) is 6.98. The molecule has 2 aliphatic heterocycles. The molecule has 0 aliphatic carbocycles. The monoisotopic (exact) mass is 408 g/mol. The number of nitrogens with one attached hydrogen (secondary N) is 1. The molecule has 2 atom stereocenters. The number of rotatable bonds is 4. The highest BCUT2D eigenvalue weighted by Crippen LogP contribution is 2.39. The first kappa shape index (κ1) is 19.9. The number of benzene rings is 1. The molecule has 11 heteroatoms. The summed E-state index contributed by atoms with van der Waals surface area (Å²) >= 11 is 0. The van der Waals surface area contributed by atoms with Crippen LogP contribution in [0.1, 0.15) is 12.0 Å². The molecule has 2 saturated heterocycles. The largest absolute Gasteiger partial charge is 0.480 e. The fourth-order valence-corrected chi connectivity index (χ4v) is 5.17. The lowest BCUT2D eigenvalue weighted by Gasteiger charge is -2.30. The zero-order valence-corrected chi connectivity index (χ0v) is 15.0. The number of carboxylic acids is 1. The lowest BCUT2D eigenvalue weighted by Crippen LogP contribution is -2.36. The second-order valence-corrected chi connectivity index (χ2v) is 8.68. The molecule has 2 fully saturated rings. The molecule has 0 aromatic heterocycles. The van der Waals surface area contributed by atoms with E-state index in [0.717, 1.165) is 12.1 Å². The van der Waals surface area contributed by atoms with Gasteiger partial charge in [0.05, 0.1) is 28.9 Å². The van der Waals surface area contributed by atoms with Gasteiger partial charge in [-0.25, -0.2) is 8.42 Å². The number of aliphatic carboxylic acids is 1. The van der Waals surface area contributed by atoms with Gasteiger partial charge in [-0.15, -0.1) is 0 Å². The van der Waals surface area contributed by atoms with Crippen LogP contribution in [0.3, 0.4) is 0 Å². The fraction of sp³-hybridized carbons (Fsp3) is 0.562. The van der Waals surface area contributed by atoms with Crippen molar-refractivity contribution in [3.05, 3.63) is 23.8 Å². The number of ether oxygens (including phenoxy) is 1. The summed E-state index contributed by atoms with van der Waals surface area (Å²) in [7, 11) is -4.36. The Morgan fingerprint density at radius 2 is 1.93 bits per heavy atom. The number of nitrogens with zero attached hydrogens (tertiary/aromatic N) is 1. The average molecular weight is 408 g/mol. The quantitative estimate of drug-likeness (QED) is 0.771. The van der Waals surface area contributed by atoms with Gasteiger partial charge in [0.25, 0.3) is 0 Å². The van der Waals surface area contributed by atoms with Gasteiger partial charge in [0.1, 0.15) is 6.04 Å². The standard InChI is InChI=1S/C16H19F3N2O5S/c17-16(18,19)12-7-10(21-3-5-26-6-4-21)1-2-14(12)27(24,25)11-8-13(15(22)23)20-9-11/h1-2,7,11,13,20H,3-6,8-9H2,(H,22,23)/t11-,13+/m1/s1. The van der Waals surface area contributed by atoms with Gasteiger partial charge in [0, 0.05) is 25.3 Å². The van der Waals surface area contributed by atoms with E-state index in [2.05, 4.69) is 5.32 Å². The number of anilines is 1. The summed E-state index contributed by atoms with van der Waals surface area (Å²) in [6.45, 7) is 1.38. The van der Waals surface area contributed by atoms with Gasteiger partial charge in [0.2, 0.25) is 0 Å². The van der Waals surface area contributed by atoms with Gasteiger partial charge in [-0.2, -0.15) is 13.2 Å². The van der Waals surface area contributed by atoms with Crippen molar-refractivity contribution in [1.29, 1.82) is 0 Å². The number of hydrogen-bond acceptors (Lipinski definition) is 6. The highest BCUT2D eigenvalue weighted by Gasteiger charge is 2.43. The van der Waals surface area contributed by atoms with Crippen molar-refractivity contribution in [3.63, 3.8) is 0 Å². The smallest absolute Gasteiger partial charge is 0.417 e. The molecular weight excluding hydrogens is 389 g/mol. The third kappa shape index (κ3) is 4.04. The van der Waals surface area contributed by atoms with E-state index < -0.39 is 43.7 Å². The highest BCUT2D eigenvalue weighted by molar-refractivity contribution is 7.92. The van der Waals surface area contributed by atoms with Crippen LogP contribution in [-0.2, 0) is 25.5 Å². The van der Waals surface area contributed by atoms with Crippen LogP contribution in [0, 0.1) is 0 Å². The van der Waals surface area contributed by atoms with E-state index in [4.69, 9.17) is 9.84 Å². The van der Waals surface area contributed by atoms with Crippen LogP contribution >= 0.6 is 0 Å². The van der Waals surface area contributed by atoms with E-state index in [1.54, 1.807) is 4.90 Å². The molecule has 0 saturated carbocycles. The lowest BCUT2D eigenvalue weighted by atomic mass is 10.1. The molecule has 3 rings (SSSR count). The van der Waals surface area contributed by atoms with Crippen LogP contribution in [0.15, 0.2) is 23.1 Å². The molecule has 1 aromatic rings. The Kier molecular flexibility index (Phi) is 5.37. The van der Waals surface area contributed by atoms with Crippen molar-refractivity contribution in [3.8, 4) is 0 Å². The van der Waals surface area contributed by atoms with Gasteiger partial charge < -0.3 is 20.1 Å². The maximum absolute atomic E-state index is 13.6. The van der Waals surface area contributed by atoms with E-state index in [0.29, 0.717) is 26.3 Å². The topological polar surface area (TPSA) is 95.9 Å². The van der Waals surface area contributed by atoms with E-state index in [1.165, 1.54) is 6.07 Å². The second-order valence-electron chi connectivity index (χ2n) is 6.48. The molecule has 0 radical (unpaired) electrons. The van der Waals surface area contributed by atoms with E-state index in [1.807, 2.05) is 0 Å². The Hall–Kier alpha value is -1.85. The number of hydrogen-bond donors (Lipinski definition) is 2. The van der Waals surface area contributed by atoms with Gasteiger partial charge in [-0.05, 0) is 24.6 Å². The summed E-state index contributed by atoms with van der Waals surface area (Å²) in [5.74, 6) is -1.23. The number of morpholine rings is 1. The maximum Gasteiger partial charge on any atom is 0.417 e. The summed E-state index contributed by atoms with van der Waals surface area (Å²) in [5.41, 5.74) is -0.956. The molecule has 0 amide bonds. The molecule has 2 N–H and O–H groups in total. The number of alkyl halides is 3. The minimum absolute atomic E-state index is 0.207. The Labute approximate surface area is 154 Å². The van der Waals surface area contributed by atoms with Crippen LogP contribution in [0.2, 0.25) is 0 Å². The van der Waals surface area contributed by atoms with Gasteiger partial charge in [-0.3, -0.25) is 4.79 Å². The van der Waals surface area contributed by atoms with Crippen molar-refractivity contribution >= 4 is 21.5 Å². The molecule has 0 bridgehead atoms. The Balaban J connectivity index is 1.97. The highest BCUT2D eigenvalue weighted by atomic mass is 32.2. The van der Waals surface area contributed by atoms with E-state index >= 15 is 0 Å².